The first-order chi connectivity index (χ1) is 19.6. The van der Waals surface area contributed by atoms with Crippen LogP contribution in [0.1, 0.15) is 28.8 Å². The lowest BCUT2D eigenvalue weighted by molar-refractivity contribution is 0.0950. The molecule has 7 nitrogen and oxygen atoms in total. The number of sulfone groups is 1. The van der Waals surface area contributed by atoms with Gasteiger partial charge in [0.25, 0.3) is 5.91 Å². The zero-order valence-electron chi connectivity index (χ0n) is 22.0. The average molecular weight is 610 g/mol. The number of hydrogen-bond acceptors (Lipinski definition) is 6. The summed E-state index contributed by atoms with van der Waals surface area (Å²) in [5.74, 6) is -0.467. The monoisotopic (exact) mass is 608 g/mol. The third kappa shape index (κ3) is 6.25. The quantitative estimate of drug-likeness (QED) is 0.169. The summed E-state index contributed by atoms with van der Waals surface area (Å²) in [5, 5.41) is 14.2. The molecule has 0 fully saturated rings. The van der Waals surface area contributed by atoms with Crippen molar-refractivity contribution in [3.63, 3.8) is 0 Å². The molecule has 0 aliphatic rings. The van der Waals surface area contributed by atoms with E-state index in [1.165, 1.54) is 6.07 Å². The first-order valence-corrected chi connectivity index (χ1v) is 15.5. The fourth-order valence-electron chi connectivity index (χ4n) is 4.68. The number of amides is 1. The summed E-state index contributed by atoms with van der Waals surface area (Å²) in [7, 11) is -3.71. The number of halogens is 2. The molecule has 0 spiro atoms. The molecular formula is C31H26Cl2N2O5S. The topological polar surface area (TPSA) is 110 Å². The molecule has 0 aliphatic heterocycles. The van der Waals surface area contributed by atoms with Crippen molar-refractivity contribution >= 4 is 50.0 Å². The zero-order chi connectivity index (χ0) is 29.1. The maximum absolute atomic E-state index is 12.8. The summed E-state index contributed by atoms with van der Waals surface area (Å²) in [6, 6.07) is 22.8. The molecule has 0 atom stereocenters. The number of aromatic hydroxyl groups is 1. The second-order valence-corrected chi connectivity index (χ2v) is 12.4. The lowest BCUT2D eigenvalue weighted by Gasteiger charge is -2.11. The first-order valence-electron chi connectivity index (χ1n) is 12.9. The number of pyridine rings is 1. The van der Waals surface area contributed by atoms with Crippen LogP contribution in [0.2, 0.25) is 10.0 Å². The molecule has 3 aromatic carbocycles. The Bertz CT molecular complexity index is 1850. The predicted octanol–water partition coefficient (Wildman–Crippen LogP) is 7.33. The van der Waals surface area contributed by atoms with Crippen LogP contribution in [0, 0.1) is 0 Å². The van der Waals surface area contributed by atoms with Crippen molar-refractivity contribution in [2.24, 2.45) is 0 Å². The minimum atomic E-state index is -3.71. The number of benzene rings is 3. The Balaban J connectivity index is 1.49. The van der Waals surface area contributed by atoms with Crippen molar-refractivity contribution in [2.45, 2.75) is 24.4 Å². The summed E-state index contributed by atoms with van der Waals surface area (Å²) < 4.78 is 31.4. The van der Waals surface area contributed by atoms with Crippen molar-refractivity contribution in [1.29, 1.82) is 0 Å². The van der Waals surface area contributed by atoms with Crippen LogP contribution in [0.25, 0.3) is 33.5 Å². The SMILES string of the molecule is CS(=O)(=O)c1oc2nc(-c3ccccc3Cl)c(-c3ccc(Cl)cc3)cc2c1CCCCNC(=O)c1ccccc1O. The van der Waals surface area contributed by atoms with E-state index in [1.54, 1.807) is 36.4 Å². The van der Waals surface area contributed by atoms with Gasteiger partial charge in [-0.1, -0.05) is 65.7 Å². The third-order valence-corrected chi connectivity index (χ3v) is 8.24. The third-order valence-electron chi connectivity index (χ3n) is 6.66. The number of furan rings is 1. The van der Waals surface area contributed by atoms with Gasteiger partial charge in [0.05, 0.1) is 11.3 Å². The van der Waals surface area contributed by atoms with E-state index in [1.807, 2.05) is 36.4 Å². The van der Waals surface area contributed by atoms with Gasteiger partial charge in [-0.3, -0.25) is 4.79 Å². The summed E-state index contributed by atoms with van der Waals surface area (Å²) in [4.78, 5) is 17.2. The van der Waals surface area contributed by atoms with Gasteiger partial charge in [0.1, 0.15) is 5.75 Å². The maximum atomic E-state index is 12.8. The largest absolute Gasteiger partial charge is 0.507 e. The fourth-order valence-corrected chi connectivity index (χ4v) is 5.92. The molecule has 0 aliphatic carbocycles. The Morgan fingerprint density at radius 3 is 2.37 bits per heavy atom. The number of unbranched alkanes of at least 4 members (excludes halogenated alkanes) is 1. The number of phenolic OH excluding ortho intramolecular Hbond substituents is 1. The Kier molecular flexibility index (Phi) is 8.35. The number of aromatic nitrogens is 1. The van der Waals surface area contributed by atoms with Gasteiger partial charge in [-0.15, -0.1) is 0 Å². The molecule has 5 aromatic rings. The van der Waals surface area contributed by atoms with Gasteiger partial charge in [-0.25, -0.2) is 13.4 Å². The van der Waals surface area contributed by atoms with E-state index >= 15 is 0 Å². The first kappa shape index (κ1) is 28.7. The molecule has 41 heavy (non-hydrogen) atoms. The van der Waals surface area contributed by atoms with E-state index in [-0.39, 0.29) is 28.0 Å². The van der Waals surface area contributed by atoms with Crippen LogP contribution in [0.15, 0.2) is 88.4 Å². The van der Waals surface area contributed by atoms with Gasteiger partial charge in [0, 0.05) is 44.9 Å². The Labute approximate surface area is 247 Å². The van der Waals surface area contributed by atoms with Crippen LogP contribution in [-0.2, 0) is 16.3 Å². The minimum Gasteiger partial charge on any atom is -0.507 e. The number of carbonyl (C=O) groups excluding carboxylic acids is 1. The molecule has 0 saturated heterocycles. The van der Waals surface area contributed by atoms with Gasteiger partial charge in [0.2, 0.25) is 20.6 Å². The van der Waals surface area contributed by atoms with Crippen LogP contribution in [-0.4, -0.2) is 37.2 Å². The normalized spacial score (nSPS) is 11.6. The molecular weight excluding hydrogens is 583 g/mol. The molecule has 0 unspecified atom stereocenters. The Morgan fingerprint density at radius 2 is 1.66 bits per heavy atom. The molecule has 2 N–H and O–H groups in total. The van der Waals surface area contributed by atoms with E-state index in [4.69, 9.17) is 32.6 Å². The van der Waals surface area contributed by atoms with Crippen molar-refractivity contribution in [1.82, 2.24) is 10.3 Å². The van der Waals surface area contributed by atoms with Gasteiger partial charge < -0.3 is 14.8 Å². The lowest BCUT2D eigenvalue weighted by Crippen LogP contribution is -2.24. The fraction of sp³-hybridized carbons (Fsp3) is 0.161. The number of rotatable bonds is 9. The van der Waals surface area contributed by atoms with Gasteiger partial charge in [0.15, 0.2) is 0 Å². The highest BCUT2D eigenvalue weighted by molar-refractivity contribution is 7.90. The second kappa shape index (κ2) is 11.9. The number of fused-ring (bicyclic) bond motifs is 1. The van der Waals surface area contributed by atoms with Gasteiger partial charge >= 0.3 is 0 Å². The number of para-hydroxylation sites is 1. The van der Waals surface area contributed by atoms with Crippen molar-refractivity contribution in [3.8, 4) is 28.1 Å². The Morgan fingerprint density at radius 1 is 0.951 bits per heavy atom. The molecule has 2 aromatic heterocycles. The smallest absolute Gasteiger partial charge is 0.255 e. The van der Waals surface area contributed by atoms with E-state index in [9.17, 15) is 18.3 Å². The van der Waals surface area contributed by atoms with Gasteiger partial charge in [-0.05, 0) is 61.2 Å². The van der Waals surface area contributed by atoms with Crippen molar-refractivity contribution in [3.05, 3.63) is 100 Å². The maximum Gasteiger partial charge on any atom is 0.255 e. The molecule has 10 heteroatoms. The zero-order valence-corrected chi connectivity index (χ0v) is 24.4. The van der Waals surface area contributed by atoms with E-state index in [0.29, 0.717) is 58.1 Å². The lowest BCUT2D eigenvalue weighted by atomic mass is 9.97. The molecule has 2 heterocycles. The number of nitrogens with one attached hydrogen (secondary N) is 1. The summed E-state index contributed by atoms with van der Waals surface area (Å²) in [5.41, 5.74) is 3.74. The number of carbonyl (C=O) groups is 1. The Hall–Kier alpha value is -3.85. The van der Waals surface area contributed by atoms with Crippen molar-refractivity contribution in [2.75, 3.05) is 12.8 Å². The average Bonchev–Trinajstić information content (AvgIpc) is 3.31. The van der Waals surface area contributed by atoms with E-state index in [2.05, 4.69) is 5.32 Å². The minimum absolute atomic E-state index is 0.0900. The highest BCUT2D eigenvalue weighted by atomic mass is 35.5. The highest BCUT2D eigenvalue weighted by Gasteiger charge is 2.25. The van der Waals surface area contributed by atoms with Crippen LogP contribution < -0.4 is 5.32 Å². The summed E-state index contributed by atoms with van der Waals surface area (Å²) in [6.45, 7) is 0.349. The van der Waals surface area contributed by atoms with Crippen LogP contribution in [0.3, 0.4) is 0 Å². The number of nitrogens with zero attached hydrogens (tertiary/aromatic N) is 1. The molecule has 5 rings (SSSR count). The van der Waals surface area contributed by atoms with Crippen LogP contribution in [0.5, 0.6) is 5.75 Å². The summed E-state index contributed by atoms with van der Waals surface area (Å²) >= 11 is 12.7. The number of aryl methyl sites for hydroxylation is 1. The standard InChI is InChI=1S/C31H26Cl2N2O5S/c1-41(38,39)31-21(8-6-7-17-34-29(37)23-10-3-5-12-27(23)36)25-18-24(19-13-15-20(32)16-14-19)28(35-30(25)40-31)22-9-2-4-11-26(22)33/h2-5,9-16,18,36H,6-8,17H2,1H3,(H,34,37). The number of hydrogen-bond donors (Lipinski definition) is 2. The second-order valence-electron chi connectivity index (χ2n) is 9.59. The molecule has 0 saturated carbocycles. The van der Waals surface area contributed by atoms with Crippen LogP contribution in [0.4, 0.5) is 0 Å². The predicted molar refractivity (Wildman–Crippen MR) is 161 cm³/mol. The summed E-state index contributed by atoms with van der Waals surface area (Å²) in [6.07, 6.45) is 2.63. The van der Waals surface area contributed by atoms with Crippen LogP contribution >= 0.6 is 23.2 Å². The molecule has 210 valence electrons. The molecule has 1 amide bonds. The van der Waals surface area contributed by atoms with E-state index < -0.39 is 9.84 Å². The van der Waals surface area contributed by atoms with Crippen molar-refractivity contribution < 1.29 is 22.7 Å². The van der Waals surface area contributed by atoms with Gasteiger partial charge in [-0.2, -0.15) is 0 Å². The molecule has 0 bridgehead atoms. The molecule has 0 radical (unpaired) electrons. The van der Waals surface area contributed by atoms with E-state index in [0.717, 1.165) is 17.4 Å². The number of phenols is 1. The highest BCUT2D eigenvalue weighted by Crippen LogP contribution is 2.40.